The Labute approximate surface area is 236 Å². The summed E-state index contributed by atoms with van der Waals surface area (Å²) >= 11 is 6.24. The molecule has 0 saturated carbocycles. The first-order valence-electron chi connectivity index (χ1n) is 12.5. The molecule has 0 bridgehead atoms. The van der Waals surface area contributed by atoms with Crippen LogP contribution in [0.25, 0.3) is 0 Å². The summed E-state index contributed by atoms with van der Waals surface area (Å²) in [5, 5.41) is 6.01. The first-order valence-corrected chi connectivity index (χ1v) is 14.8. The molecule has 5 rings (SSSR count). The number of hydrogen-bond donors (Lipinski definition) is 3. The smallest absolute Gasteiger partial charge is 0.412 e. The second-order valence-electron chi connectivity index (χ2n) is 9.88. The standard InChI is InChI=1S/C28H27ClN4O6S/c1-40(37,38)32-21-10-7-19(8-11-21)25(34)30-24(15-18-5-3-2-4-6-18)26(35)33-14-13-28(17-33)22-16-20(29)9-12-23(22)31-27(36)39-28/h2-12,16,24,32H,13-15,17H2,1H3,(H,30,34)(H,31,36)/t24-,28?/m0/s1. The van der Waals surface area contributed by atoms with Gasteiger partial charge in [-0.2, -0.15) is 0 Å². The fourth-order valence-corrected chi connectivity index (χ4v) is 5.80. The summed E-state index contributed by atoms with van der Waals surface area (Å²) < 4.78 is 31.1. The zero-order valence-corrected chi connectivity index (χ0v) is 23.1. The van der Waals surface area contributed by atoms with Crippen LogP contribution in [0.1, 0.15) is 27.9 Å². The maximum Gasteiger partial charge on any atom is 0.412 e. The fraction of sp³-hybridized carbons (Fsp3) is 0.250. The molecule has 3 amide bonds. The summed E-state index contributed by atoms with van der Waals surface area (Å²) in [6, 6.07) is 19.4. The van der Waals surface area contributed by atoms with Crippen molar-refractivity contribution in [2.75, 3.05) is 29.4 Å². The molecule has 0 aliphatic carbocycles. The number of nitrogens with zero attached hydrogens (tertiary/aromatic N) is 1. The molecule has 2 heterocycles. The predicted molar refractivity (Wildman–Crippen MR) is 151 cm³/mol. The van der Waals surface area contributed by atoms with E-state index >= 15 is 0 Å². The highest BCUT2D eigenvalue weighted by atomic mass is 35.5. The lowest BCUT2D eigenvalue weighted by molar-refractivity contribution is -0.133. The van der Waals surface area contributed by atoms with Gasteiger partial charge in [0.05, 0.1) is 18.5 Å². The van der Waals surface area contributed by atoms with Crippen LogP contribution in [0.3, 0.4) is 0 Å². The molecular weight excluding hydrogens is 556 g/mol. The van der Waals surface area contributed by atoms with Crippen molar-refractivity contribution in [2.45, 2.75) is 24.5 Å². The van der Waals surface area contributed by atoms with Crippen LogP contribution < -0.4 is 15.4 Å². The van der Waals surface area contributed by atoms with E-state index in [1.165, 1.54) is 24.3 Å². The van der Waals surface area contributed by atoms with E-state index in [0.717, 1.165) is 11.8 Å². The largest absolute Gasteiger partial charge is 0.436 e. The highest BCUT2D eigenvalue weighted by molar-refractivity contribution is 7.92. The second kappa shape index (κ2) is 10.8. The highest BCUT2D eigenvalue weighted by Gasteiger charge is 2.49. The number of rotatable bonds is 7. The van der Waals surface area contributed by atoms with E-state index in [9.17, 15) is 22.8 Å². The molecule has 208 valence electrons. The van der Waals surface area contributed by atoms with Crippen molar-refractivity contribution in [3.05, 3.63) is 94.5 Å². The second-order valence-corrected chi connectivity index (χ2v) is 12.1. The van der Waals surface area contributed by atoms with Gasteiger partial charge in [-0.05, 0) is 48.0 Å². The van der Waals surface area contributed by atoms with Crippen LogP contribution in [-0.4, -0.2) is 56.6 Å². The molecule has 2 aliphatic rings. The van der Waals surface area contributed by atoms with Gasteiger partial charge in [0.1, 0.15) is 6.04 Å². The maximum atomic E-state index is 13.9. The first-order chi connectivity index (χ1) is 19.0. The number of fused-ring (bicyclic) bond motifs is 2. The Kier molecular flexibility index (Phi) is 7.43. The van der Waals surface area contributed by atoms with E-state index < -0.39 is 33.7 Å². The van der Waals surface area contributed by atoms with E-state index in [1.807, 2.05) is 30.3 Å². The topological polar surface area (TPSA) is 134 Å². The van der Waals surface area contributed by atoms with Crippen LogP contribution in [0.15, 0.2) is 72.8 Å². The van der Waals surface area contributed by atoms with Gasteiger partial charge in [0.2, 0.25) is 15.9 Å². The maximum absolute atomic E-state index is 13.9. The van der Waals surface area contributed by atoms with Gasteiger partial charge in [0.15, 0.2) is 5.60 Å². The third-order valence-corrected chi connectivity index (χ3v) is 7.72. The van der Waals surface area contributed by atoms with E-state index in [0.29, 0.717) is 34.9 Å². The minimum atomic E-state index is -3.46. The normalized spacial score (nSPS) is 18.9. The van der Waals surface area contributed by atoms with Gasteiger partial charge in [-0.1, -0.05) is 41.9 Å². The molecule has 2 aliphatic heterocycles. The van der Waals surface area contributed by atoms with E-state index in [2.05, 4.69) is 15.4 Å². The molecule has 0 radical (unpaired) electrons. The Morgan fingerprint density at radius 1 is 1.10 bits per heavy atom. The van der Waals surface area contributed by atoms with Crippen molar-refractivity contribution in [3.63, 3.8) is 0 Å². The highest BCUT2D eigenvalue weighted by Crippen LogP contribution is 2.43. The van der Waals surface area contributed by atoms with E-state index in [1.54, 1.807) is 23.1 Å². The molecule has 10 nitrogen and oxygen atoms in total. The average molecular weight is 583 g/mol. The van der Waals surface area contributed by atoms with Crippen LogP contribution in [0, 0.1) is 0 Å². The Morgan fingerprint density at radius 2 is 1.82 bits per heavy atom. The Hall–Kier alpha value is -4.09. The molecule has 3 aromatic carbocycles. The first kappa shape index (κ1) is 27.5. The predicted octanol–water partition coefficient (Wildman–Crippen LogP) is 3.74. The molecule has 12 heteroatoms. The zero-order chi connectivity index (χ0) is 28.5. The minimum Gasteiger partial charge on any atom is -0.436 e. The van der Waals surface area contributed by atoms with Crippen molar-refractivity contribution in [3.8, 4) is 0 Å². The zero-order valence-electron chi connectivity index (χ0n) is 21.5. The number of benzene rings is 3. The molecular formula is C28H27ClN4O6S. The SMILES string of the molecule is CS(=O)(=O)Nc1ccc(C(=O)N[C@@H](Cc2ccccc2)C(=O)N2CCC3(C2)OC(=O)Nc2ccc(Cl)cc23)cc1. The molecule has 3 N–H and O–H groups in total. The molecule has 1 saturated heterocycles. The number of likely N-dealkylation sites (tertiary alicyclic amines) is 1. The monoisotopic (exact) mass is 582 g/mol. The lowest BCUT2D eigenvalue weighted by Crippen LogP contribution is -2.50. The third-order valence-electron chi connectivity index (χ3n) is 6.88. The van der Waals surface area contributed by atoms with Crippen molar-refractivity contribution in [1.29, 1.82) is 0 Å². The molecule has 40 heavy (non-hydrogen) atoms. The van der Waals surface area contributed by atoms with Crippen molar-refractivity contribution < 1.29 is 27.5 Å². The molecule has 1 fully saturated rings. The van der Waals surface area contributed by atoms with Gasteiger partial charge in [0, 0.05) is 41.2 Å². The average Bonchev–Trinajstić information content (AvgIpc) is 3.32. The van der Waals surface area contributed by atoms with Gasteiger partial charge < -0.3 is 15.0 Å². The lowest BCUT2D eigenvalue weighted by Gasteiger charge is -2.35. The van der Waals surface area contributed by atoms with Crippen LogP contribution in [0.4, 0.5) is 16.2 Å². The summed E-state index contributed by atoms with van der Waals surface area (Å²) in [6.45, 7) is 0.421. The van der Waals surface area contributed by atoms with Gasteiger partial charge in [0.25, 0.3) is 5.91 Å². The van der Waals surface area contributed by atoms with E-state index in [-0.39, 0.29) is 24.4 Å². The van der Waals surface area contributed by atoms with Crippen molar-refractivity contribution in [2.24, 2.45) is 0 Å². The minimum absolute atomic E-state index is 0.111. The van der Waals surface area contributed by atoms with E-state index in [4.69, 9.17) is 16.3 Å². The van der Waals surface area contributed by atoms with Gasteiger partial charge in [-0.25, -0.2) is 13.2 Å². The molecule has 1 unspecified atom stereocenters. The number of sulfonamides is 1. The molecule has 1 spiro atoms. The quantitative estimate of drug-likeness (QED) is 0.388. The lowest BCUT2D eigenvalue weighted by atomic mass is 9.90. The Bertz CT molecular complexity index is 1570. The Morgan fingerprint density at radius 3 is 2.52 bits per heavy atom. The summed E-state index contributed by atoms with van der Waals surface area (Å²) in [5.41, 5.74) is 1.66. The summed E-state index contributed by atoms with van der Waals surface area (Å²) in [5.74, 6) is -0.804. The third kappa shape index (κ3) is 6.05. The molecule has 2 atom stereocenters. The van der Waals surface area contributed by atoms with Crippen LogP contribution in [-0.2, 0) is 31.6 Å². The summed E-state index contributed by atoms with van der Waals surface area (Å²) in [7, 11) is -3.46. The molecule has 0 aromatic heterocycles. The number of amides is 3. The number of ether oxygens (including phenoxy) is 1. The van der Waals surface area contributed by atoms with Gasteiger partial charge >= 0.3 is 6.09 Å². The number of anilines is 2. The van der Waals surface area contributed by atoms with Crippen LogP contribution in [0.2, 0.25) is 5.02 Å². The van der Waals surface area contributed by atoms with Gasteiger partial charge in [-0.3, -0.25) is 19.6 Å². The van der Waals surface area contributed by atoms with Crippen LogP contribution in [0.5, 0.6) is 0 Å². The number of hydrogen-bond acceptors (Lipinski definition) is 6. The Balaban J connectivity index is 1.37. The van der Waals surface area contributed by atoms with Crippen LogP contribution >= 0.6 is 11.6 Å². The number of nitrogens with one attached hydrogen (secondary N) is 3. The number of halogens is 1. The summed E-state index contributed by atoms with van der Waals surface area (Å²) in [6.07, 6.45) is 1.05. The number of carbonyl (C=O) groups is 3. The number of carbonyl (C=O) groups excluding carboxylic acids is 3. The van der Waals surface area contributed by atoms with Crippen molar-refractivity contribution >= 4 is 50.9 Å². The van der Waals surface area contributed by atoms with Gasteiger partial charge in [-0.15, -0.1) is 0 Å². The fourth-order valence-electron chi connectivity index (χ4n) is 5.06. The molecule has 3 aromatic rings. The summed E-state index contributed by atoms with van der Waals surface area (Å²) in [4.78, 5) is 41.0. The van der Waals surface area contributed by atoms with Crippen molar-refractivity contribution in [1.82, 2.24) is 10.2 Å².